The van der Waals surface area contributed by atoms with Crippen molar-refractivity contribution in [2.45, 2.75) is 6.92 Å². The van der Waals surface area contributed by atoms with Gasteiger partial charge < -0.3 is 5.32 Å². The molecule has 7 heteroatoms. The van der Waals surface area contributed by atoms with Gasteiger partial charge in [0.2, 0.25) is 0 Å². The molecule has 0 spiro atoms. The highest BCUT2D eigenvalue weighted by Crippen LogP contribution is 2.30. The third-order valence-corrected chi connectivity index (χ3v) is 5.08. The van der Waals surface area contributed by atoms with E-state index in [1.807, 2.05) is 36.6 Å². The van der Waals surface area contributed by atoms with Gasteiger partial charge in [-0.1, -0.05) is 0 Å². The van der Waals surface area contributed by atoms with E-state index < -0.39 is 0 Å². The lowest BCUT2D eigenvalue weighted by molar-refractivity contribution is 0.619. The zero-order valence-electron chi connectivity index (χ0n) is 12.6. The van der Waals surface area contributed by atoms with Crippen molar-refractivity contribution in [2.24, 2.45) is 0 Å². The van der Waals surface area contributed by atoms with Crippen molar-refractivity contribution in [3.05, 3.63) is 63.1 Å². The first-order valence-electron chi connectivity index (χ1n) is 7.23. The summed E-state index contributed by atoms with van der Waals surface area (Å²) in [5.74, 6) is -0.298. The van der Waals surface area contributed by atoms with Crippen molar-refractivity contribution in [1.29, 1.82) is 0 Å². The summed E-state index contributed by atoms with van der Waals surface area (Å²) in [6.07, 6.45) is 1.44. The van der Waals surface area contributed by atoms with Gasteiger partial charge in [0, 0.05) is 20.8 Å². The number of nitrogens with one attached hydrogen (secondary N) is 1. The molecule has 0 atom stereocenters. The van der Waals surface area contributed by atoms with E-state index >= 15 is 0 Å². The smallest absolute Gasteiger partial charge is 0.187 e. The SMILES string of the molecule is Cc1nc2ccc(F)cn2c1-c1csc(Nc2ccc(I)cc2)n1. The third kappa shape index (κ3) is 2.89. The quantitative estimate of drug-likeness (QED) is 0.434. The van der Waals surface area contributed by atoms with E-state index in [1.165, 1.54) is 27.2 Å². The fraction of sp³-hybridized carbons (Fsp3) is 0.0588. The molecule has 4 rings (SSSR count). The molecule has 3 aromatic heterocycles. The molecule has 1 N–H and O–H groups in total. The predicted octanol–water partition coefficient (Wildman–Crippen LogP) is 5.25. The number of hydrogen-bond donors (Lipinski definition) is 1. The van der Waals surface area contributed by atoms with E-state index in [-0.39, 0.29) is 5.82 Å². The molecular formula is C17H12FIN4S. The lowest BCUT2D eigenvalue weighted by Crippen LogP contribution is -1.93. The fourth-order valence-corrected chi connectivity index (χ4v) is 3.62. The predicted molar refractivity (Wildman–Crippen MR) is 103 cm³/mol. The minimum atomic E-state index is -0.298. The van der Waals surface area contributed by atoms with Gasteiger partial charge in [-0.25, -0.2) is 14.4 Å². The van der Waals surface area contributed by atoms with Crippen molar-refractivity contribution >= 4 is 50.4 Å². The Labute approximate surface area is 155 Å². The Morgan fingerprint density at radius 3 is 2.71 bits per heavy atom. The Morgan fingerprint density at radius 2 is 1.92 bits per heavy atom. The summed E-state index contributed by atoms with van der Waals surface area (Å²) in [7, 11) is 0. The summed E-state index contributed by atoms with van der Waals surface area (Å²) < 4.78 is 16.5. The van der Waals surface area contributed by atoms with Gasteiger partial charge in [-0.15, -0.1) is 11.3 Å². The third-order valence-electron chi connectivity index (χ3n) is 3.60. The second kappa shape index (κ2) is 6.14. The molecule has 0 aliphatic carbocycles. The first-order valence-corrected chi connectivity index (χ1v) is 9.19. The number of aryl methyl sites for hydroxylation is 1. The van der Waals surface area contributed by atoms with Gasteiger partial charge in [0.15, 0.2) is 5.13 Å². The van der Waals surface area contributed by atoms with Gasteiger partial charge in [-0.05, 0) is 65.9 Å². The topological polar surface area (TPSA) is 42.2 Å². The first-order chi connectivity index (χ1) is 11.6. The number of imidazole rings is 1. The van der Waals surface area contributed by atoms with Crippen LogP contribution in [0, 0.1) is 16.3 Å². The number of halogens is 2. The van der Waals surface area contributed by atoms with Gasteiger partial charge in [0.1, 0.15) is 17.2 Å². The van der Waals surface area contributed by atoms with Crippen molar-refractivity contribution in [1.82, 2.24) is 14.4 Å². The second-order valence-electron chi connectivity index (χ2n) is 5.29. The largest absolute Gasteiger partial charge is 0.332 e. The summed E-state index contributed by atoms with van der Waals surface area (Å²) in [5, 5.41) is 6.04. The van der Waals surface area contributed by atoms with Crippen LogP contribution in [-0.2, 0) is 0 Å². The van der Waals surface area contributed by atoms with Crippen LogP contribution in [-0.4, -0.2) is 14.4 Å². The number of anilines is 2. The lowest BCUT2D eigenvalue weighted by Gasteiger charge is -2.02. The molecule has 0 aliphatic rings. The Hall–Kier alpha value is -2.00. The van der Waals surface area contributed by atoms with Crippen LogP contribution in [0.25, 0.3) is 17.0 Å². The van der Waals surface area contributed by atoms with E-state index in [0.29, 0.717) is 5.65 Å². The van der Waals surface area contributed by atoms with Crippen LogP contribution < -0.4 is 5.32 Å². The summed E-state index contributed by atoms with van der Waals surface area (Å²) in [6.45, 7) is 1.91. The number of benzene rings is 1. The van der Waals surface area contributed by atoms with Crippen molar-refractivity contribution in [2.75, 3.05) is 5.32 Å². The van der Waals surface area contributed by atoms with Gasteiger partial charge in [0.05, 0.1) is 11.4 Å². The number of fused-ring (bicyclic) bond motifs is 1. The molecule has 0 unspecified atom stereocenters. The van der Waals surface area contributed by atoms with E-state index in [2.05, 4.69) is 37.9 Å². The van der Waals surface area contributed by atoms with Crippen LogP contribution in [0.1, 0.15) is 5.69 Å². The van der Waals surface area contributed by atoms with Crippen molar-refractivity contribution in [3.63, 3.8) is 0 Å². The van der Waals surface area contributed by atoms with Crippen molar-refractivity contribution in [3.8, 4) is 11.4 Å². The van der Waals surface area contributed by atoms with E-state index in [0.717, 1.165) is 27.9 Å². The highest BCUT2D eigenvalue weighted by molar-refractivity contribution is 14.1. The normalized spacial score (nSPS) is 11.1. The molecule has 24 heavy (non-hydrogen) atoms. The van der Waals surface area contributed by atoms with Crippen molar-refractivity contribution < 1.29 is 4.39 Å². The van der Waals surface area contributed by atoms with Crippen LogP contribution in [0.3, 0.4) is 0 Å². The number of rotatable bonds is 3. The Balaban J connectivity index is 1.71. The molecule has 0 amide bonds. The molecule has 0 bridgehead atoms. The first kappa shape index (κ1) is 15.5. The molecule has 0 saturated carbocycles. The number of pyridine rings is 1. The highest BCUT2D eigenvalue weighted by Gasteiger charge is 2.14. The van der Waals surface area contributed by atoms with E-state index in [4.69, 9.17) is 0 Å². The van der Waals surface area contributed by atoms with Gasteiger partial charge in [-0.3, -0.25) is 4.40 Å². The van der Waals surface area contributed by atoms with Crippen LogP contribution in [0.5, 0.6) is 0 Å². The lowest BCUT2D eigenvalue weighted by atomic mass is 10.3. The van der Waals surface area contributed by atoms with E-state index in [1.54, 1.807) is 10.5 Å². The molecule has 0 radical (unpaired) electrons. The van der Waals surface area contributed by atoms with Crippen LogP contribution >= 0.6 is 33.9 Å². The zero-order valence-corrected chi connectivity index (χ0v) is 15.6. The minimum absolute atomic E-state index is 0.298. The second-order valence-corrected chi connectivity index (χ2v) is 7.39. The number of aromatic nitrogens is 3. The van der Waals surface area contributed by atoms with Gasteiger partial charge in [-0.2, -0.15) is 0 Å². The fourth-order valence-electron chi connectivity index (χ4n) is 2.54. The average Bonchev–Trinajstić information content (AvgIpc) is 3.12. The highest BCUT2D eigenvalue weighted by atomic mass is 127. The number of nitrogens with zero attached hydrogens (tertiary/aromatic N) is 3. The summed E-state index contributed by atoms with van der Waals surface area (Å²) in [5.41, 5.74) is 4.12. The maximum absolute atomic E-state index is 13.6. The minimum Gasteiger partial charge on any atom is -0.332 e. The summed E-state index contributed by atoms with van der Waals surface area (Å²) >= 11 is 3.78. The van der Waals surface area contributed by atoms with Gasteiger partial charge >= 0.3 is 0 Å². The molecule has 0 saturated heterocycles. The zero-order chi connectivity index (χ0) is 16.7. The number of hydrogen-bond acceptors (Lipinski definition) is 4. The van der Waals surface area contributed by atoms with Crippen LogP contribution in [0.2, 0.25) is 0 Å². The Kier molecular flexibility index (Phi) is 3.97. The molecule has 120 valence electrons. The molecule has 4 aromatic rings. The molecular weight excluding hydrogens is 438 g/mol. The van der Waals surface area contributed by atoms with Crippen LogP contribution in [0.4, 0.5) is 15.2 Å². The average molecular weight is 450 g/mol. The monoisotopic (exact) mass is 450 g/mol. The molecule has 3 heterocycles. The van der Waals surface area contributed by atoms with E-state index in [9.17, 15) is 4.39 Å². The standard InChI is InChI=1S/C17H12FIN4S/c1-10-16(23-8-11(18)2-7-15(23)20-10)14-9-24-17(22-14)21-13-5-3-12(19)4-6-13/h2-9H,1H3,(H,21,22). The molecule has 0 fully saturated rings. The Bertz CT molecular complexity index is 1020. The number of thiazole rings is 1. The maximum atomic E-state index is 13.6. The molecule has 1 aromatic carbocycles. The van der Waals surface area contributed by atoms with Gasteiger partial charge in [0.25, 0.3) is 0 Å². The summed E-state index contributed by atoms with van der Waals surface area (Å²) in [6, 6.07) is 11.2. The molecule has 4 nitrogen and oxygen atoms in total. The van der Waals surface area contributed by atoms with Crippen LogP contribution in [0.15, 0.2) is 48.0 Å². The maximum Gasteiger partial charge on any atom is 0.187 e. The summed E-state index contributed by atoms with van der Waals surface area (Å²) in [4.78, 5) is 9.11. The Morgan fingerprint density at radius 1 is 1.12 bits per heavy atom. The molecule has 0 aliphatic heterocycles.